The van der Waals surface area contributed by atoms with Crippen LogP contribution in [0.2, 0.25) is 0 Å². The number of rotatable bonds is 6. The Morgan fingerprint density at radius 2 is 1.87 bits per heavy atom. The van der Waals surface area contributed by atoms with E-state index in [4.69, 9.17) is 5.73 Å². The van der Waals surface area contributed by atoms with Crippen LogP contribution in [-0.2, 0) is 0 Å². The summed E-state index contributed by atoms with van der Waals surface area (Å²) >= 11 is 0. The zero-order valence-corrected chi connectivity index (χ0v) is 8.50. The Balaban J connectivity index is 2.22. The van der Waals surface area contributed by atoms with Gasteiger partial charge in [0.05, 0.1) is 6.54 Å². The third kappa shape index (κ3) is 4.85. The fourth-order valence-corrected chi connectivity index (χ4v) is 1.34. The molecule has 15 heavy (non-hydrogen) atoms. The summed E-state index contributed by atoms with van der Waals surface area (Å²) in [6, 6.07) is 9.56. The third-order valence-corrected chi connectivity index (χ3v) is 2.16. The Kier molecular flexibility index (Phi) is 5.21. The van der Waals surface area contributed by atoms with Gasteiger partial charge >= 0.3 is 0 Å². The van der Waals surface area contributed by atoms with Gasteiger partial charge in [0.25, 0.3) is 6.43 Å². The average Bonchev–Trinajstić information content (AvgIpc) is 2.25. The smallest absolute Gasteiger partial charge is 0.250 e. The molecule has 2 nitrogen and oxygen atoms in total. The Hall–Kier alpha value is -1.00. The maximum absolute atomic E-state index is 11.8. The van der Waals surface area contributed by atoms with Gasteiger partial charge < -0.3 is 11.1 Å². The molecule has 0 aliphatic rings. The van der Waals surface area contributed by atoms with Crippen molar-refractivity contribution in [3.05, 3.63) is 35.9 Å². The Morgan fingerprint density at radius 1 is 1.20 bits per heavy atom. The van der Waals surface area contributed by atoms with E-state index < -0.39 is 6.43 Å². The Labute approximate surface area is 88.5 Å². The van der Waals surface area contributed by atoms with Gasteiger partial charge in [-0.25, -0.2) is 8.78 Å². The molecule has 1 rings (SSSR count). The van der Waals surface area contributed by atoms with Crippen LogP contribution in [0.25, 0.3) is 0 Å². The largest absolute Gasteiger partial charge is 0.324 e. The Bertz CT molecular complexity index is 265. The maximum atomic E-state index is 11.8. The SMILES string of the molecule is NC(CCNCC(F)F)c1ccccc1. The molecule has 0 fully saturated rings. The second-order valence-corrected chi connectivity index (χ2v) is 3.40. The lowest BCUT2D eigenvalue weighted by atomic mass is 10.1. The van der Waals surface area contributed by atoms with Crippen molar-refractivity contribution in [1.29, 1.82) is 0 Å². The highest BCUT2D eigenvalue weighted by molar-refractivity contribution is 5.18. The molecule has 0 radical (unpaired) electrons. The van der Waals surface area contributed by atoms with Crippen molar-refractivity contribution in [3.63, 3.8) is 0 Å². The minimum absolute atomic E-state index is 0.0867. The van der Waals surface area contributed by atoms with Gasteiger partial charge in [0, 0.05) is 6.04 Å². The topological polar surface area (TPSA) is 38.0 Å². The van der Waals surface area contributed by atoms with Crippen molar-refractivity contribution in [3.8, 4) is 0 Å². The van der Waals surface area contributed by atoms with Crippen molar-refractivity contribution in [1.82, 2.24) is 5.32 Å². The monoisotopic (exact) mass is 214 g/mol. The van der Waals surface area contributed by atoms with Gasteiger partial charge in [-0.1, -0.05) is 30.3 Å². The number of halogens is 2. The summed E-state index contributed by atoms with van der Waals surface area (Å²) in [7, 11) is 0. The lowest BCUT2D eigenvalue weighted by molar-refractivity contribution is 0.146. The molecule has 1 unspecified atom stereocenters. The van der Waals surface area contributed by atoms with Crippen molar-refractivity contribution < 1.29 is 8.78 Å². The van der Waals surface area contributed by atoms with Crippen LogP contribution in [0.5, 0.6) is 0 Å². The van der Waals surface area contributed by atoms with Crippen LogP contribution in [0.4, 0.5) is 8.78 Å². The van der Waals surface area contributed by atoms with Crippen LogP contribution in [0, 0.1) is 0 Å². The van der Waals surface area contributed by atoms with E-state index in [9.17, 15) is 8.78 Å². The number of nitrogens with two attached hydrogens (primary N) is 1. The molecule has 0 saturated heterocycles. The summed E-state index contributed by atoms with van der Waals surface area (Å²) < 4.78 is 23.6. The van der Waals surface area contributed by atoms with Gasteiger partial charge in [-0.05, 0) is 18.5 Å². The second kappa shape index (κ2) is 6.48. The van der Waals surface area contributed by atoms with Crippen LogP contribution in [0.3, 0.4) is 0 Å². The van der Waals surface area contributed by atoms with Gasteiger partial charge in [0.2, 0.25) is 0 Å². The average molecular weight is 214 g/mol. The third-order valence-electron chi connectivity index (χ3n) is 2.16. The van der Waals surface area contributed by atoms with E-state index in [0.717, 1.165) is 5.56 Å². The molecule has 0 amide bonds. The zero-order chi connectivity index (χ0) is 11.1. The number of alkyl halides is 2. The first kappa shape index (κ1) is 12.1. The first-order chi connectivity index (χ1) is 7.20. The van der Waals surface area contributed by atoms with Crippen molar-refractivity contribution in [2.75, 3.05) is 13.1 Å². The molecule has 0 aliphatic carbocycles. The fraction of sp³-hybridized carbons (Fsp3) is 0.455. The summed E-state index contributed by atoms with van der Waals surface area (Å²) in [6.45, 7) is 0.252. The summed E-state index contributed by atoms with van der Waals surface area (Å²) in [6.07, 6.45) is -1.63. The summed E-state index contributed by atoms with van der Waals surface area (Å²) in [5.74, 6) is 0. The van der Waals surface area contributed by atoms with E-state index in [1.165, 1.54) is 0 Å². The zero-order valence-electron chi connectivity index (χ0n) is 8.50. The summed E-state index contributed by atoms with van der Waals surface area (Å²) in [5, 5.41) is 2.66. The first-order valence-corrected chi connectivity index (χ1v) is 4.99. The molecule has 4 heteroatoms. The van der Waals surface area contributed by atoms with Crippen molar-refractivity contribution in [2.45, 2.75) is 18.9 Å². The van der Waals surface area contributed by atoms with Crippen molar-refractivity contribution in [2.24, 2.45) is 5.73 Å². The lowest BCUT2D eigenvalue weighted by Crippen LogP contribution is -2.25. The number of hydrogen-bond donors (Lipinski definition) is 2. The van der Waals surface area contributed by atoms with E-state index in [1.54, 1.807) is 0 Å². The standard InChI is InChI=1S/C11H16F2N2/c12-11(13)8-15-7-6-10(14)9-4-2-1-3-5-9/h1-5,10-11,15H,6-8,14H2. The number of nitrogens with one attached hydrogen (secondary N) is 1. The molecule has 0 aromatic heterocycles. The molecule has 0 heterocycles. The predicted octanol–water partition coefficient (Wildman–Crippen LogP) is 1.93. The molecular formula is C11H16F2N2. The number of hydrogen-bond acceptors (Lipinski definition) is 2. The molecule has 1 aromatic rings. The van der Waals surface area contributed by atoms with Gasteiger partial charge in [0.1, 0.15) is 0 Å². The molecule has 0 spiro atoms. The van der Waals surface area contributed by atoms with Crippen LogP contribution in [0.15, 0.2) is 30.3 Å². The van der Waals surface area contributed by atoms with E-state index in [2.05, 4.69) is 5.32 Å². The van der Waals surface area contributed by atoms with Crippen LogP contribution >= 0.6 is 0 Å². The van der Waals surface area contributed by atoms with E-state index >= 15 is 0 Å². The highest BCUT2D eigenvalue weighted by Gasteiger charge is 2.05. The molecule has 84 valence electrons. The van der Waals surface area contributed by atoms with E-state index in [0.29, 0.717) is 13.0 Å². The van der Waals surface area contributed by atoms with Crippen LogP contribution < -0.4 is 11.1 Å². The normalized spacial score (nSPS) is 13.1. The molecule has 3 N–H and O–H groups in total. The fourth-order valence-electron chi connectivity index (χ4n) is 1.34. The molecule has 1 aromatic carbocycles. The molecule has 0 aliphatic heterocycles. The van der Waals surface area contributed by atoms with Crippen LogP contribution in [-0.4, -0.2) is 19.5 Å². The summed E-state index contributed by atoms with van der Waals surface area (Å²) in [5.41, 5.74) is 6.92. The lowest BCUT2D eigenvalue weighted by Gasteiger charge is -2.12. The van der Waals surface area contributed by atoms with Gasteiger partial charge in [0.15, 0.2) is 0 Å². The summed E-state index contributed by atoms with van der Waals surface area (Å²) in [4.78, 5) is 0. The van der Waals surface area contributed by atoms with E-state index in [-0.39, 0.29) is 12.6 Å². The van der Waals surface area contributed by atoms with Crippen molar-refractivity contribution >= 4 is 0 Å². The van der Waals surface area contributed by atoms with E-state index in [1.807, 2.05) is 30.3 Å². The molecule has 1 atom stereocenters. The maximum Gasteiger partial charge on any atom is 0.250 e. The minimum Gasteiger partial charge on any atom is -0.324 e. The highest BCUT2D eigenvalue weighted by atomic mass is 19.3. The second-order valence-electron chi connectivity index (χ2n) is 3.40. The molecular weight excluding hydrogens is 198 g/mol. The molecule has 0 bridgehead atoms. The van der Waals surface area contributed by atoms with Gasteiger partial charge in [-0.2, -0.15) is 0 Å². The highest BCUT2D eigenvalue weighted by Crippen LogP contribution is 2.12. The van der Waals surface area contributed by atoms with Gasteiger partial charge in [-0.3, -0.25) is 0 Å². The van der Waals surface area contributed by atoms with Gasteiger partial charge in [-0.15, -0.1) is 0 Å². The molecule has 0 saturated carbocycles. The minimum atomic E-state index is -2.29. The predicted molar refractivity (Wildman–Crippen MR) is 56.9 cm³/mol. The quantitative estimate of drug-likeness (QED) is 0.710. The Morgan fingerprint density at radius 3 is 2.47 bits per heavy atom. The number of benzene rings is 1. The first-order valence-electron chi connectivity index (χ1n) is 4.99. The van der Waals surface area contributed by atoms with Crippen LogP contribution in [0.1, 0.15) is 18.0 Å².